The molecule has 4 aromatic rings. The number of H-pyrrole nitrogens is 1. The molecule has 1 aliphatic rings. The molecular formula is C29H34N6O2. The first-order chi connectivity index (χ1) is 17.9. The van der Waals surface area contributed by atoms with Crippen molar-refractivity contribution in [3.05, 3.63) is 84.2 Å². The van der Waals surface area contributed by atoms with Crippen LogP contribution in [0.15, 0.2) is 73.1 Å². The smallest absolute Gasteiger partial charge is 0.325 e. The molecule has 1 aliphatic heterocycles. The van der Waals surface area contributed by atoms with Gasteiger partial charge in [-0.3, -0.25) is 4.90 Å². The Morgan fingerprint density at radius 3 is 2.46 bits per heavy atom. The molecule has 1 fully saturated rings. The summed E-state index contributed by atoms with van der Waals surface area (Å²) in [6.07, 6.45) is 1.68. The first-order valence-electron chi connectivity index (χ1n) is 12.5. The fourth-order valence-electron chi connectivity index (χ4n) is 4.79. The van der Waals surface area contributed by atoms with Crippen LogP contribution < -0.4 is 14.5 Å². The van der Waals surface area contributed by atoms with Gasteiger partial charge in [0.1, 0.15) is 5.75 Å². The van der Waals surface area contributed by atoms with Gasteiger partial charge >= 0.3 is 6.03 Å². The lowest BCUT2D eigenvalue weighted by molar-refractivity contribution is 0.218. The second kappa shape index (κ2) is 10.5. The summed E-state index contributed by atoms with van der Waals surface area (Å²) in [4.78, 5) is 29.6. The molecule has 2 heterocycles. The lowest BCUT2D eigenvalue weighted by Gasteiger charge is -2.25. The van der Waals surface area contributed by atoms with Crippen molar-refractivity contribution in [2.45, 2.75) is 12.6 Å². The van der Waals surface area contributed by atoms with E-state index in [2.05, 4.69) is 65.2 Å². The van der Waals surface area contributed by atoms with Gasteiger partial charge in [-0.05, 0) is 67.7 Å². The van der Waals surface area contributed by atoms with Crippen LogP contribution in [-0.4, -0.2) is 73.7 Å². The van der Waals surface area contributed by atoms with Crippen LogP contribution in [0.1, 0.15) is 17.2 Å². The predicted molar refractivity (Wildman–Crippen MR) is 148 cm³/mol. The summed E-state index contributed by atoms with van der Waals surface area (Å²) >= 11 is 0. The number of amides is 2. The summed E-state index contributed by atoms with van der Waals surface area (Å²) in [5.41, 5.74) is 5.99. The molecule has 8 nitrogen and oxygen atoms in total. The highest BCUT2D eigenvalue weighted by atomic mass is 16.5. The Bertz CT molecular complexity index is 1350. The van der Waals surface area contributed by atoms with Crippen LogP contribution in [-0.2, 0) is 6.54 Å². The van der Waals surface area contributed by atoms with Gasteiger partial charge in [-0.2, -0.15) is 0 Å². The number of nitrogens with one attached hydrogen (secondary N) is 1. The maximum atomic E-state index is 13.8. The van der Waals surface area contributed by atoms with E-state index in [1.165, 1.54) is 0 Å². The van der Waals surface area contributed by atoms with Gasteiger partial charge in [0, 0.05) is 44.6 Å². The molecule has 8 heteroatoms. The van der Waals surface area contributed by atoms with Crippen molar-refractivity contribution >= 4 is 28.4 Å². The molecule has 192 valence electrons. The lowest BCUT2D eigenvalue weighted by atomic mass is 10.0. The maximum absolute atomic E-state index is 13.8. The molecule has 3 aromatic carbocycles. The van der Waals surface area contributed by atoms with E-state index in [-0.39, 0.29) is 12.1 Å². The van der Waals surface area contributed by atoms with E-state index in [0.29, 0.717) is 13.1 Å². The normalized spacial score (nSPS) is 15.7. The summed E-state index contributed by atoms with van der Waals surface area (Å²) in [6, 6.07) is 22.3. The third kappa shape index (κ3) is 5.24. The highest BCUT2D eigenvalue weighted by molar-refractivity contribution is 5.97. The van der Waals surface area contributed by atoms with Crippen LogP contribution in [0.4, 0.5) is 16.2 Å². The van der Waals surface area contributed by atoms with Crippen molar-refractivity contribution in [1.29, 1.82) is 0 Å². The summed E-state index contributed by atoms with van der Waals surface area (Å²) in [6.45, 7) is 3.06. The van der Waals surface area contributed by atoms with Crippen LogP contribution in [0.25, 0.3) is 11.0 Å². The number of carbonyl (C=O) groups is 1. The Hall–Kier alpha value is -4.04. The van der Waals surface area contributed by atoms with Crippen molar-refractivity contribution in [1.82, 2.24) is 19.8 Å². The Morgan fingerprint density at radius 1 is 1.00 bits per heavy atom. The molecule has 5 rings (SSSR count). The molecule has 1 unspecified atom stereocenters. The lowest BCUT2D eigenvalue weighted by Crippen LogP contribution is -2.32. The Labute approximate surface area is 218 Å². The fourth-order valence-corrected chi connectivity index (χ4v) is 4.79. The minimum absolute atomic E-state index is 0.00754. The van der Waals surface area contributed by atoms with Crippen LogP contribution in [0.3, 0.4) is 0 Å². The van der Waals surface area contributed by atoms with Gasteiger partial charge in [0.25, 0.3) is 0 Å². The topological polar surface area (TPSA) is 67.9 Å². The second-order valence-corrected chi connectivity index (χ2v) is 9.82. The maximum Gasteiger partial charge on any atom is 0.325 e. The highest BCUT2D eigenvalue weighted by Gasteiger charge is 2.39. The van der Waals surface area contributed by atoms with Crippen molar-refractivity contribution < 1.29 is 9.53 Å². The standard InChI is InChI=1S/C29H34N6O2/c1-32(2)15-16-33(3)23-9-7-22(8-10-23)28-19-34(18-21-5-12-25(37-4)13-6-21)29(36)35(28)24-11-14-26-27(17-24)31-20-30-26/h5-14,17,20,28H,15-16,18-19H2,1-4H3,(H,30,31). The zero-order valence-electron chi connectivity index (χ0n) is 21.9. The molecule has 0 saturated carbocycles. The molecular weight excluding hydrogens is 464 g/mol. The number of carbonyl (C=O) groups excluding carboxylic acids is 1. The van der Waals surface area contributed by atoms with E-state index in [9.17, 15) is 4.79 Å². The first-order valence-corrected chi connectivity index (χ1v) is 12.5. The molecule has 2 amide bonds. The van der Waals surface area contributed by atoms with Gasteiger partial charge in [0.2, 0.25) is 0 Å². The molecule has 37 heavy (non-hydrogen) atoms. The average molecular weight is 499 g/mol. The second-order valence-electron chi connectivity index (χ2n) is 9.82. The van der Waals surface area contributed by atoms with Crippen LogP contribution in [0.2, 0.25) is 0 Å². The summed E-state index contributed by atoms with van der Waals surface area (Å²) in [7, 11) is 7.94. The quantitative estimate of drug-likeness (QED) is 0.361. The van der Waals surface area contributed by atoms with Crippen molar-refractivity contribution in [3.8, 4) is 5.75 Å². The summed E-state index contributed by atoms with van der Waals surface area (Å²) in [5.74, 6) is 0.805. The molecule has 1 atom stereocenters. The zero-order chi connectivity index (χ0) is 25.9. The number of likely N-dealkylation sites (N-methyl/N-ethyl adjacent to an activating group) is 2. The van der Waals surface area contributed by atoms with Crippen LogP contribution in [0.5, 0.6) is 5.75 Å². The SMILES string of the molecule is COc1ccc(CN2CC(c3ccc(N(C)CCN(C)C)cc3)N(c3ccc4nc[nH]c4c3)C2=O)cc1. The summed E-state index contributed by atoms with van der Waals surface area (Å²) in [5, 5.41) is 0. The Balaban J connectivity index is 1.43. The first kappa shape index (κ1) is 24.6. The van der Waals surface area contributed by atoms with E-state index in [1.54, 1.807) is 13.4 Å². The van der Waals surface area contributed by atoms with Gasteiger partial charge in [-0.25, -0.2) is 9.78 Å². The number of urea groups is 1. The number of methoxy groups -OCH3 is 1. The predicted octanol–water partition coefficient (Wildman–Crippen LogP) is 4.75. The molecule has 0 radical (unpaired) electrons. The van der Waals surface area contributed by atoms with Gasteiger partial charge in [-0.1, -0.05) is 24.3 Å². The van der Waals surface area contributed by atoms with Crippen molar-refractivity contribution in [3.63, 3.8) is 0 Å². The minimum Gasteiger partial charge on any atom is -0.497 e. The Kier molecular flexibility index (Phi) is 7.01. The molecule has 0 aliphatic carbocycles. The number of fused-ring (bicyclic) bond motifs is 1. The third-order valence-electron chi connectivity index (χ3n) is 7.00. The van der Waals surface area contributed by atoms with Crippen LogP contribution >= 0.6 is 0 Å². The summed E-state index contributed by atoms with van der Waals surface area (Å²) < 4.78 is 5.29. The molecule has 0 spiro atoms. The fraction of sp³-hybridized carbons (Fsp3) is 0.310. The number of aromatic nitrogens is 2. The third-order valence-corrected chi connectivity index (χ3v) is 7.00. The monoisotopic (exact) mass is 498 g/mol. The molecule has 0 bridgehead atoms. The van der Waals surface area contributed by atoms with E-state index in [0.717, 1.165) is 52.4 Å². The Morgan fingerprint density at radius 2 is 1.76 bits per heavy atom. The minimum atomic E-state index is -0.104. The van der Waals surface area contributed by atoms with Gasteiger partial charge in [0.05, 0.1) is 30.5 Å². The number of hydrogen-bond donors (Lipinski definition) is 1. The zero-order valence-corrected chi connectivity index (χ0v) is 21.9. The van der Waals surface area contributed by atoms with Crippen molar-refractivity contribution in [2.24, 2.45) is 0 Å². The van der Waals surface area contributed by atoms with E-state index >= 15 is 0 Å². The number of benzene rings is 3. The highest BCUT2D eigenvalue weighted by Crippen LogP contribution is 2.37. The van der Waals surface area contributed by atoms with Gasteiger partial charge < -0.3 is 24.4 Å². The van der Waals surface area contributed by atoms with Gasteiger partial charge in [-0.15, -0.1) is 0 Å². The van der Waals surface area contributed by atoms with E-state index in [1.807, 2.05) is 52.3 Å². The van der Waals surface area contributed by atoms with Crippen LogP contribution in [0, 0.1) is 0 Å². The van der Waals surface area contributed by atoms with Crippen molar-refractivity contribution in [2.75, 3.05) is 57.7 Å². The van der Waals surface area contributed by atoms with E-state index in [4.69, 9.17) is 4.74 Å². The number of nitrogens with zero attached hydrogens (tertiary/aromatic N) is 5. The molecule has 1 saturated heterocycles. The number of ether oxygens (including phenoxy) is 1. The largest absolute Gasteiger partial charge is 0.497 e. The number of imidazole rings is 1. The number of anilines is 2. The number of rotatable bonds is 9. The van der Waals surface area contributed by atoms with E-state index < -0.39 is 0 Å². The number of hydrogen-bond acceptors (Lipinski definition) is 5. The number of aromatic amines is 1. The molecule has 1 aromatic heterocycles. The average Bonchev–Trinajstić information content (AvgIpc) is 3.51. The molecule has 1 N–H and O–H groups in total. The van der Waals surface area contributed by atoms with Gasteiger partial charge in [0.15, 0.2) is 0 Å².